The van der Waals surface area contributed by atoms with Gasteiger partial charge in [0.1, 0.15) is 12.4 Å². The molecule has 0 radical (unpaired) electrons. The van der Waals surface area contributed by atoms with Crippen molar-refractivity contribution in [1.29, 1.82) is 0 Å². The third kappa shape index (κ3) is 5.20. The second-order valence-electron chi connectivity index (χ2n) is 8.09. The van der Waals surface area contributed by atoms with Crippen LogP contribution in [0.15, 0.2) is 53.6 Å². The Balaban J connectivity index is 2.22. The summed E-state index contributed by atoms with van der Waals surface area (Å²) in [5.74, 6) is 0.374. The number of carbonyl (C=O) groups excluding carboxylic acids is 1. The van der Waals surface area contributed by atoms with Crippen LogP contribution in [0.2, 0.25) is 0 Å². The van der Waals surface area contributed by atoms with E-state index in [0.29, 0.717) is 42.8 Å². The minimum absolute atomic E-state index is 0.00312. The summed E-state index contributed by atoms with van der Waals surface area (Å²) in [5.41, 5.74) is 7.09. The van der Waals surface area contributed by atoms with Gasteiger partial charge in [0.15, 0.2) is 0 Å². The third-order valence-electron chi connectivity index (χ3n) is 5.39. The normalized spacial score (nSPS) is 12.3. The zero-order chi connectivity index (χ0) is 23.1. The number of benzene rings is 1. The van der Waals surface area contributed by atoms with Crippen LogP contribution < -0.4 is 11.3 Å². The molecular weight excluding hydrogens is 406 g/mol. The van der Waals surface area contributed by atoms with Crippen molar-refractivity contribution in [2.75, 3.05) is 26.8 Å². The van der Waals surface area contributed by atoms with Gasteiger partial charge in [0.25, 0.3) is 5.56 Å². The number of nitrogens with two attached hydrogens (primary N) is 1. The number of amides is 1. The zero-order valence-electron chi connectivity index (χ0n) is 18.9. The van der Waals surface area contributed by atoms with Gasteiger partial charge in [-0.25, -0.2) is 4.98 Å². The van der Waals surface area contributed by atoms with E-state index < -0.39 is 6.04 Å². The maximum atomic E-state index is 13.6. The molecule has 8 heteroatoms. The summed E-state index contributed by atoms with van der Waals surface area (Å²) in [5, 5.41) is 0.499. The fraction of sp³-hybridized carbons (Fsp3) is 0.417. The lowest BCUT2D eigenvalue weighted by atomic mass is 10.00. The smallest absolute Gasteiger partial charge is 0.261 e. The van der Waals surface area contributed by atoms with Crippen LogP contribution in [0.25, 0.3) is 10.9 Å². The number of aromatic nitrogens is 3. The summed E-state index contributed by atoms with van der Waals surface area (Å²) in [6.45, 7) is 5.25. The van der Waals surface area contributed by atoms with Gasteiger partial charge in [-0.1, -0.05) is 44.2 Å². The molecule has 0 aliphatic rings. The van der Waals surface area contributed by atoms with E-state index in [1.165, 1.54) is 7.11 Å². The molecule has 32 heavy (non-hydrogen) atoms. The van der Waals surface area contributed by atoms with Gasteiger partial charge >= 0.3 is 0 Å². The Kier molecular flexibility index (Phi) is 8.08. The minimum atomic E-state index is -0.426. The van der Waals surface area contributed by atoms with Crippen molar-refractivity contribution in [3.8, 4) is 0 Å². The van der Waals surface area contributed by atoms with Crippen LogP contribution in [0.1, 0.15) is 37.7 Å². The second-order valence-corrected chi connectivity index (χ2v) is 8.09. The van der Waals surface area contributed by atoms with Crippen LogP contribution in [-0.4, -0.2) is 52.1 Å². The number of nitrogens with zero attached hydrogens (tertiary/aromatic N) is 4. The summed E-state index contributed by atoms with van der Waals surface area (Å²) in [6, 6.07) is 11.0. The highest BCUT2D eigenvalue weighted by Gasteiger charge is 2.32. The first-order valence-electron chi connectivity index (χ1n) is 10.8. The lowest BCUT2D eigenvalue weighted by molar-refractivity contribution is -0.139. The van der Waals surface area contributed by atoms with Crippen molar-refractivity contribution in [2.45, 2.75) is 32.9 Å². The van der Waals surface area contributed by atoms with E-state index in [2.05, 4.69) is 4.98 Å². The molecule has 0 aliphatic carbocycles. The number of ether oxygens (including phenoxy) is 1. The topological polar surface area (TPSA) is 103 Å². The molecule has 0 spiro atoms. The van der Waals surface area contributed by atoms with Gasteiger partial charge < -0.3 is 15.4 Å². The zero-order valence-corrected chi connectivity index (χ0v) is 18.9. The van der Waals surface area contributed by atoms with Crippen molar-refractivity contribution in [1.82, 2.24) is 19.4 Å². The van der Waals surface area contributed by atoms with Gasteiger partial charge in [-0.3, -0.25) is 19.1 Å². The maximum Gasteiger partial charge on any atom is 0.261 e. The van der Waals surface area contributed by atoms with Gasteiger partial charge in [0.05, 0.1) is 29.7 Å². The van der Waals surface area contributed by atoms with Crippen LogP contribution in [0.3, 0.4) is 0 Å². The lowest BCUT2D eigenvalue weighted by Crippen LogP contribution is -2.43. The molecule has 0 saturated heterocycles. The van der Waals surface area contributed by atoms with E-state index in [-0.39, 0.29) is 24.0 Å². The van der Waals surface area contributed by atoms with Gasteiger partial charge in [0.2, 0.25) is 5.91 Å². The number of methoxy groups -OCH3 is 1. The number of rotatable bonds is 10. The highest BCUT2D eigenvalue weighted by Crippen LogP contribution is 2.29. The quantitative estimate of drug-likeness (QED) is 0.522. The lowest BCUT2D eigenvalue weighted by Gasteiger charge is -2.35. The third-order valence-corrected chi connectivity index (χ3v) is 5.39. The van der Waals surface area contributed by atoms with Crippen LogP contribution in [0.5, 0.6) is 0 Å². The molecule has 1 atom stereocenters. The average molecular weight is 438 g/mol. The fourth-order valence-corrected chi connectivity index (χ4v) is 3.92. The molecule has 3 aromatic rings. The number of fused-ring (bicyclic) bond motifs is 1. The monoisotopic (exact) mass is 437 g/mol. The first-order chi connectivity index (χ1) is 15.5. The van der Waals surface area contributed by atoms with Crippen LogP contribution in [0, 0.1) is 5.92 Å². The predicted molar refractivity (Wildman–Crippen MR) is 124 cm³/mol. The minimum Gasteiger partial charge on any atom is -0.375 e. The molecule has 2 heterocycles. The Labute approximate surface area is 188 Å². The van der Waals surface area contributed by atoms with Crippen molar-refractivity contribution in [2.24, 2.45) is 11.7 Å². The first-order valence-corrected chi connectivity index (χ1v) is 10.8. The molecule has 0 bridgehead atoms. The molecule has 1 unspecified atom stereocenters. The molecule has 170 valence electrons. The highest BCUT2D eigenvalue weighted by molar-refractivity contribution is 5.78. The molecule has 0 aliphatic heterocycles. The average Bonchev–Trinajstić information content (AvgIpc) is 2.79. The Morgan fingerprint density at radius 2 is 1.97 bits per heavy atom. The Hall–Kier alpha value is -3.10. The highest BCUT2D eigenvalue weighted by atomic mass is 16.5. The summed E-state index contributed by atoms with van der Waals surface area (Å²) >= 11 is 0. The summed E-state index contributed by atoms with van der Waals surface area (Å²) in [7, 11) is 1.49. The standard InChI is InChI=1S/C24H31N5O3/c1-17(2)22(28(13-7-11-25)21(30)16-32-3)23-27-20-14-26-12-10-19(20)24(31)29(23)15-18-8-5-4-6-9-18/h4-6,8-10,12,14,17,22H,7,11,13,15-16,25H2,1-3H3. The molecule has 0 saturated carbocycles. The van der Waals surface area contributed by atoms with Crippen molar-refractivity contribution in [3.63, 3.8) is 0 Å². The molecule has 1 aromatic carbocycles. The van der Waals surface area contributed by atoms with Gasteiger partial charge in [0, 0.05) is 19.9 Å². The SMILES string of the molecule is COCC(=O)N(CCCN)C(c1nc2cnccc2c(=O)n1Cc1ccccc1)C(C)C. The fourth-order valence-electron chi connectivity index (χ4n) is 3.92. The van der Waals surface area contributed by atoms with Crippen molar-refractivity contribution < 1.29 is 9.53 Å². The molecule has 1 amide bonds. The Morgan fingerprint density at radius 1 is 1.22 bits per heavy atom. The Bertz CT molecular complexity index is 1100. The Morgan fingerprint density at radius 3 is 2.62 bits per heavy atom. The number of pyridine rings is 1. The summed E-state index contributed by atoms with van der Waals surface area (Å²) in [6.07, 6.45) is 3.82. The van der Waals surface area contributed by atoms with E-state index in [4.69, 9.17) is 15.5 Å². The van der Waals surface area contributed by atoms with E-state index in [1.54, 1.807) is 27.9 Å². The first kappa shape index (κ1) is 23.6. The summed E-state index contributed by atoms with van der Waals surface area (Å²) in [4.78, 5) is 37.3. The van der Waals surface area contributed by atoms with E-state index >= 15 is 0 Å². The number of hydrogen-bond acceptors (Lipinski definition) is 6. The van der Waals surface area contributed by atoms with Crippen LogP contribution >= 0.6 is 0 Å². The van der Waals surface area contributed by atoms with Crippen molar-refractivity contribution >= 4 is 16.8 Å². The molecule has 2 aromatic heterocycles. The predicted octanol–water partition coefficient (Wildman–Crippen LogP) is 2.36. The van der Waals surface area contributed by atoms with Gasteiger partial charge in [-0.05, 0) is 30.5 Å². The largest absolute Gasteiger partial charge is 0.375 e. The molecule has 8 nitrogen and oxygen atoms in total. The molecular formula is C24H31N5O3. The molecule has 3 rings (SSSR count). The maximum absolute atomic E-state index is 13.6. The van der Waals surface area contributed by atoms with Crippen LogP contribution in [0.4, 0.5) is 0 Å². The van der Waals surface area contributed by atoms with Gasteiger partial charge in [-0.15, -0.1) is 0 Å². The molecule has 2 N–H and O–H groups in total. The van der Waals surface area contributed by atoms with Gasteiger partial charge in [-0.2, -0.15) is 0 Å². The van der Waals surface area contributed by atoms with E-state index in [1.807, 2.05) is 44.2 Å². The summed E-state index contributed by atoms with van der Waals surface area (Å²) < 4.78 is 6.81. The van der Waals surface area contributed by atoms with E-state index in [9.17, 15) is 9.59 Å². The second kappa shape index (κ2) is 11.0. The number of hydrogen-bond donors (Lipinski definition) is 1. The van der Waals surface area contributed by atoms with Crippen LogP contribution in [-0.2, 0) is 16.1 Å². The van der Waals surface area contributed by atoms with E-state index in [0.717, 1.165) is 5.56 Å². The molecule has 0 fully saturated rings. The number of carbonyl (C=O) groups is 1. The van der Waals surface area contributed by atoms with Crippen molar-refractivity contribution in [3.05, 3.63) is 70.5 Å².